The highest BCUT2D eigenvalue weighted by atomic mass is 15.3. The third-order valence-corrected chi connectivity index (χ3v) is 4.79. The maximum atomic E-state index is 4.81. The van der Waals surface area contributed by atoms with Gasteiger partial charge in [0, 0.05) is 42.8 Å². The van der Waals surface area contributed by atoms with Crippen molar-refractivity contribution in [1.82, 2.24) is 19.7 Å². The smallest absolute Gasteiger partial charge is 0.0641 e. The Morgan fingerprint density at radius 3 is 2.25 bits per heavy atom. The van der Waals surface area contributed by atoms with Crippen LogP contribution in [-0.4, -0.2) is 25.7 Å². The summed E-state index contributed by atoms with van der Waals surface area (Å²) in [5.74, 6) is 0. The molecule has 0 bridgehead atoms. The molecule has 0 radical (unpaired) electrons. The second-order valence-corrected chi connectivity index (χ2v) is 7.75. The molecule has 0 N–H and O–H groups in total. The molecule has 2 aromatic heterocycles. The molecule has 2 rings (SSSR count). The van der Waals surface area contributed by atoms with E-state index >= 15 is 0 Å². The van der Waals surface area contributed by atoms with Crippen LogP contribution in [0.1, 0.15) is 63.6 Å². The van der Waals surface area contributed by atoms with Crippen LogP contribution in [0.2, 0.25) is 0 Å². The summed E-state index contributed by atoms with van der Waals surface area (Å²) in [6.45, 7) is 17.4. The van der Waals surface area contributed by atoms with E-state index in [4.69, 9.17) is 5.10 Å². The van der Waals surface area contributed by atoms with Gasteiger partial charge in [0.1, 0.15) is 0 Å². The lowest BCUT2D eigenvalue weighted by Gasteiger charge is -2.29. The van der Waals surface area contributed by atoms with Crippen molar-refractivity contribution in [2.24, 2.45) is 0 Å². The summed E-state index contributed by atoms with van der Waals surface area (Å²) in [4.78, 5) is 6.67. The number of aromatic nitrogens is 3. The SMILES string of the molecule is CC[C@@H](C)N(Cc1ccncc1)Cc1c(C)nn(C(C)(C)C)c1C. The average molecular weight is 329 g/mol. The quantitative estimate of drug-likeness (QED) is 0.785. The van der Waals surface area contributed by atoms with Crippen LogP contribution >= 0.6 is 0 Å². The van der Waals surface area contributed by atoms with Crippen LogP contribution < -0.4 is 0 Å². The molecule has 0 aliphatic rings. The largest absolute Gasteiger partial charge is 0.292 e. The summed E-state index contributed by atoms with van der Waals surface area (Å²) >= 11 is 0. The Balaban J connectivity index is 2.29. The Morgan fingerprint density at radius 2 is 1.75 bits per heavy atom. The summed E-state index contributed by atoms with van der Waals surface area (Å²) in [5.41, 5.74) is 5.11. The molecule has 4 heteroatoms. The molecule has 0 amide bonds. The summed E-state index contributed by atoms with van der Waals surface area (Å²) in [5, 5.41) is 4.81. The molecule has 0 saturated carbocycles. The molecule has 0 unspecified atom stereocenters. The van der Waals surface area contributed by atoms with Crippen LogP contribution in [0.3, 0.4) is 0 Å². The zero-order valence-corrected chi connectivity index (χ0v) is 16.3. The van der Waals surface area contributed by atoms with Gasteiger partial charge in [0.2, 0.25) is 0 Å². The van der Waals surface area contributed by atoms with E-state index in [1.165, 1.54) is 16.8 Å². The van der Waals surface area contributed by atoms with Crippen molar-refractivity contribution in [3.63, 3.8) is 0 Å². The average Bonchev–Trinajstić information content (AvgIpc) is 2.82. The molecule has 0 aromatic carbocycles. The molecule has 4 nitrogen and oxygen atoms in total. The minimum absolute atomic E-state index is 0.0133. The summed E-state index contributed by atoms with van der Waals surface area (Å²) in [7, 11) is 0. The molecule has 0 saturated heterocycles. The third-order valence-electron chi connectivity index (χ3n) is 4.79. The first-order valence-electron chi connectivity index (χ1n) is 8.92. The Hall–Kier alpha value is -1.68. The molecular formula is C20H32N4. The fourth-order valence-corrected chi connectivity index (χ4v) is 3.11. The maximum Gasteiger partial charge on any atom is 0.0641 e. The number of nitrogens with zero attached hydrogens (tertiary/aromatic N) is 4. The highest BCUT2D eigenvalue weighted by molar-refractivity contribution is 5.25. The fraction of sp³-hybridized carbons (Fsp3) is 0.600. The predicted molar refractivity (Wildman–Crippen MR) is 99.9 cm³/mol. The third kappa shape index (κ3) is 4.23. The molecule has 0 spiro atoms. The molecule has 24 heavy (non-hydrogen) atoms. The highest BCUT2D eigenvalue weighted by Gasteiger charge is 2.23. The van der Waals surface area contributed by atoms with Crippen molar-refractivity contribution in [2.45, 2.75) is 79.6 Å². The zero-order valence-electron chi connectivity index (χ0n) is 16.3. The Bertz CT molecular complexity index is 652. The van der Waals surface area contributed by atoms with Gasteiger partial charge in [-0.2, -0.15) is 5.10 Å². The number of pyridine rings is 1. The van der Waals surface area contributed by atoms with Crippen LogP contribution in [0.5, 0.6) is 0 Å². The first-order chi connectivity index (χ1) is 11.2. The van der Waals surface area contributed by atoms with Crippen LogP contribution in [0.4, 0.5) is 0 Å². The zero-order chi connectivity index (χ0) is 17.9. The van der Waals surface area contributed by atoms with E-state index in [0.29, 0.717) is 6.04 Å². The highest BCUT2D eigenvalue weighted by Crippen LogP contribution is 2.24. The molecule has 2 heterocycles. The molecule has 0 fully saturated rings. The molecular weight excluding hydrogens is 296 g/mol. The molecule has 0 aliphatic heterocycles. The molecule has 132 valence electrons. The van der Waals surface area contributed by atoms with Gasteiger partial charge >= 0.3 is 0 Å². The topological polar surface area (TPSA) is 34.0 Å². The molecule has 1 atom stereocenters. The van der Waals surface area contributed by atoms with Crippen molar-refractivity contribution in [3.05, 3.63) is 47.0 Å². The van der Waals surface area contributed by atoms with E-state index < -0.39 is 0 Å². The fourth-order valence-electron chi connectivity index (χ4n) is 3.11. The van der Waals surface area contributed by atoms with Crippen molar-refractivity contribution in [1.29, 1.82) is 0 Å². The number of hydrogen-bond donors (Lipinski definition) is 0. The van der Waals surface area contributed by atoms with Gasteiger partial charge in [0.25, 0.3) is 0 Å². The van der Waals surface area contributed by atoms with Crippen LogP contribution in [-0.2, 0) is 18.6 Å². The van der Waals surface area contributed by atoms with Crippen molar-refractivity contribution in [3.8, 4) is 0 Å². The van der Waals surface area contributed by atoms with Crippen molar-refractivity contribution < 1.29 is 0 Å². The monoisotopic (exact) mass is 328 g/mol. The minimum atomic E-state index is 0.0133. The van der Waals surface area contributed by atoms with E-state index in [1.54, 1.807) is 0 Å². The van der Waals surface area contributed by atoms with Crippen LogP contribution in [0, 0.1) is 13.8 Å². The standard InChI is InChI=1S/C20H32N4/c1-8-15(2)23(13-18-9-11-21-12-10-18)14-19-16(3)22-24(17(19)4)20(5,6)7/h9-12,15H,8,13-14H2,1-7H3/t15-/m1/s1. The van der Waals surface area contributed by atoms with E-state index in [0.717, 1.165) is 25.2 Å². The second kappa shape index (κ2) is 7.47. The summed E-state index contributed by atoms with van der Waals surface area (Å²) < 4.78 is 2.17. The van der Waals surface area contributed by atoms with E-state index in [9.17, 15) is 0 Å². The van der Waals surface area contributed by atoms with E-state index in [1.807, 2.05) is 12.4 Å². The van der Waals surface area contributed by atoms with Gasteiger partial charge < -0.3 is 0 Å². The number of rotatable bonds is 6. The normalized spacial score (nSPS) is 13.5. The van der Waals surface area contributed by atoms with Gasteiger partial charge in [-0.25, -0.2) is 0 Å². The van der Waals surface area contributed by atoms with Gasteiger partial charge in [-0.1, -0.05) is 6.92 Å². The molecule has 0 aliphatic carbocycles. The lowest BCUT2D eigenvalue weighted by Crippen LogP contribution is -2.32. The second-order valence-electron chi connectivity index (χ2n) is 7.75. The summed E-state index contributed by atoms with van der Waals surface area (Å²) in [6, 6.07) is 4.73. The summed E-state index contributed by atoms with van der Waals surface area (Å²) in [6.07, 6.45) is 4.88. The first-order valence-corrected chi connectivity index (χ1v) is 8.92. The Labute approximate surface area is 146 Å². The van der Waals surface area contributed by atoms with E-state index in [-0.39, 0.29) is 5.54 Å². The van der Waals surface area contributed by atoms with Gasteiger partial charge in [0.15, 0.2) is 0 Å². The van der Waals surface area contributed by atoms with Crippen molar-refractivity contribution >= 4 is 0 Å². The van der Waals surface area contributed by atoms with Crippen LogP contribution in [0.25, 0.3) is 0 Å². The Morgan fingerprint density at radius 1 is 1.12 bits per heavy atom. The van der Waals surface area contributed by atoms with Gasteiger partial charge in [0.05, 0.1) is 11.2 Å². The van der Waals surface area contributed by atoms with Gasteiger partial charge in [-0.05, 0) is 65.7 Å². The lowest BCUT2D eigenvalue weighted by atomic mass is 10.1. The predicted octanol–water partition coefficient (Wildman–Crippen LogP) is 4.45. The van der Waals surface area contributed by atoms with Gasteiger partial charge in [-0.3, -0.25) is 14.6 Å². The minimum Gasteiger partial charge on any atom is -0.292 e. The first kappa shape index (κ1) is 18.7. The lowest BCUT2D eigenvalue weighted by molar-refractivity contribution is 0.185. The van der Waals surface area contributed by atoms with Crippen molar-refractivity contribution in [2.75, 3.05) is 0 Å². The number of hydrogen-bond acceptors (Lipinski definition) is 3. The molecule has 2 aromatic rings. The number of aryl methyl sites for hydroxylation is 1. The van der Waals surface area contributed by atoms with Gasteiger partial charge in [-0.15, -0.1) is 0 Å². The van der Waals surface area contributed by atoms with E-state index in [2.05, 4.69) is 75.2 Å². The Kier molecular flexibility index (Phi) is 5.81. The van der Waals surface area contributed by atoms with Crippen LogP contribution in [0.15, 0.2) is 24.5 Å². The maximum absolute atomic E-state index is 4.81.